The number of nitrogens with zero attached hydrogens (tertiary/aromatic N) is 1. The fraction of sp³-hybridized carbons (Fsp3) is 0.833. The summed E-state index contributed by atoms with van der Waals surface area (Å²) in [6.07, 6.45) is 1.40. The molecule has 2 saturated heterocycles. The number of ether oxygens (including phenoxy) is 1. The summed E-state index contributed by atoms with van der Waals surface area (Å²) in [4.78, 5) is 25.4. The average molecular weight is 240 g/mol. The molecule has 96 valence electrons. The molecule has 17 heavy (non-hydrogen) atoms. The summed E-state index contributed by atoms with van der Waals surface area (Å²) in [5, 5.41) is 2.78. The van der Waals surface area contributed by atoms with Crippen LogP contribution in [0.4, 0.5) is 4.79 Å². The summed E-state index contributed by atoms with van der Waals surface area (Å²) in [6.45, 7) is 7.62. The largest absolute Gasteiger partial charge is 0.378 e. The van der Waals surface area contributed by atoms with E-state index in [0.717, 1.165) is 6.42 Å². The van der Waals surface area contributed by atoms with Gasteiger partial charge in [-0.2, -0.15) is 0 Å². The number of carbonyl (C=O) groups excluding carboxylic acids is 2. The standard InChI is InChI=1S/C12H20N2O3/c1-11(2,3)4-6-14-9(15)12(13-10(14)16)5-7-17-8-12/h4-8H2,1-3H3,(H,13,16). The quantitative estimate of drug-likeness (QED) is 0.736. The van der Waals surface area contributed by atoms with Crippen molar-refractivity contribution in [1.82, 2.24) is 10.2 Å². The molecule has 0 aromatic carbocycles. The molecule has 0 bridgehead atoms. The lowest BCUT2D eigenvalue weighted by Crippen LogP contribution is -2.47. The molecule has 0 saturated carbocycles. The molecule has 2 aliphatic heterocycles. The third-order valence-corrected chi connectivity index (χ3v) is 3.35. The van der Waals surface area contributed by atoms with Gasteiger partial charge in [-0.1, -0.05) is 20.8 Å². The van der Waals surface area contributed by atoms with Crippen LogP contribution in [-0.4, -0.2) is 42.1 Å². The predicted molar refractivity (Wildman–Crippen MR) is 62.5 cm³/mol. The van der Waals surface area contributed by atoms with Crippen molar-refractivity contribution in [2.45, 2.75) is 39.2 Å². The van der Waals surface area contributed by atoms with Gasteiger partial charge in [0.25, 0.3) is 5.91 Å². The molecule has 2 aliphatic rings. The first-order valence-corrected chi connectivity index (χ1v) is 6.06. The van der Waals surface area contributed by atoms with Crippen LogP contribution in [-0.2, 0) is 9.53 Å². The van der Waals surface area contributed by atoms with E-state index in [0.29, 0.717) is 26.2 Å². The number of nitrogens with one attached hydrogen (secondary N) is 1. The number of hydrogen-bond donors (Lipinski definition) is 1. The van der Waals surface area contributed by atoms with E-state index in [2.05, 4.69) is 26.1 Å². The van der Waals surface area contributed by atoms with Crippen LogP contribution in [0.3, 0.4) is 0 Å². The molecule has 2 heterocycles. The third kappa shape index (κ3) is 2.29. The predicted octanol–water partition coefficient (Wildman–Crippen LogP) is 1.13. The summed E-state index contributed by atoms with van der Waals surface area (Å²) in [5.74, 6) is -0.121. The minimum absolute atomic E-state index is 0.114. The molecule has 1 N–H and O–H groups in total. The highest BCUT2D eigenvalue weighted by Crippen LogP contribution is 2.28. The third-order valence-electron chi connectivity index (χ3n) is 3.35. The lowest BCUT2D eigenvalue weighted by molar-refractivity contribution is -0.131. The van der Waals surface area contributed by atoms with Gasteiger partial charge in [0.05, 0.1) is 6.61 Å². The minimum Gasteiger partial charge on any atom is -0.378 e. The smallest absolute Gasteiger partial charge is 0.325 e. The van der Waals surface area contributed by atoms with E-state index in [-0.39, 0.29) is 17.4 Å². The van der Waals surface area contributed by atoms with Crippen molar-refractivity contribution in [3.63, 3.8) is 0 Å². The van der Waals surface area contributed by atoms with Crippen LogP contribution in [0.2, 0.25) is 0 Å². The molecule has 0 aromatic rings. The van der Waals surface area contributed by atoms with Crippen molar-refractivity contribution in [3.05, 3.63) is 0 Å². The fourth-order valence-corrected chi connectivity index (χ4v) is 2.16. The Hall–Kier alpha value is -1.10. The highest BCUT2D eigenvalue weighted by molar-refractivity contribution is 6.07. The molecule has 1 unspecified atom stereocenters. The Morgan fingerprint density at radius 3 is 2.65 bits per heavy atom. The molecule has 2 rings (SSSR count). The topological polar surface area (TPSA) is 58.6 Å². The van der Waals surface area contributed by atoms with Gasteiger partial charge in [0, 0.05) is 19.6 Å². The monoisotopic (exact) mass is 240 g/mol. The zero-order valence-corrected chi connectivity index (χ0v) is 10.7. The Bertz CT molecular complexity index is 340. The molecule has 5 nitrogen and oxygen atoms in total. The number of carbonyl (C=O) groups is 2. The average Bonchev–Trinajstić information content (AvgIpc) is 2.73. The number of amides is 3. The molecular formula is C12H20N2O3. The normalized spacial score (nSPS) is 29.2. The molecule has 1 atom stereocenters. The molecule has 3 amide bonds. The SMILES string of the molecule is CC(C)(C)CCN1C(=O)NC2(CCOC2)C1=O. The van der Waals surface area contributed by atoms with Gasteiger partial charge in [-0.15, -0.1) is 0 Å². The van der Waals surface area contributed by atoms with E-state index >= 15 is 0 Å². The Morgan fingerprint density at radius 1 is 1.41 bits per heavy atom. The summed E-state index contributed by atoms with van der Waals surface area (Å²) < 4.78 is 5.23. The molecule has 0 aromatic heterocycles. The molecule has 0 radical (unpaired) electrons. The van der Waals surface area contributed by atoms with Gasteiger partial charge in [-0.25, -0.2) is 4.79 Å². The molecule has 2 fully saturated rings. The maximum atomic E-state index is 12.2. The van der Waals surface area contributed by atoms with Crippen LogP contribution in [0.25, 0.3) is 0 Å². The molecule has 0 aliphatic carbocycles. The van der Waals surface area contributed by atoms with Crippen molar-refractivity contribution in [3.8, 4) is 0 Å². The van der Waals surface area contributed by atoms with Gasteiger partial charge in [0.15, 0.2) is 0 Å². The van der Waals surface area contributed by atoms with Crippen LogP contribution in [0.15, 0.2) is 0 Å². The Balaban J connectivity index is 2.04. The van der Waals surface area contributed by atoms with Gasteiger partial charge >= 0.3 is 6.03 Å². The van der Waals surface area contributed by atoms with Crippen LogP contribution in [0.1, 0.15) is 33.6 Å². The van der Waals surface area contributed by atoms with E-state index in [9.17, 15) is 9.59 Å². The van der Waals surface area contributed by atoms with Crippen LogP contribution in [0.5, 0.6) is 0 Å². The van der Waals surface area contributed by atoms with Gasteiger partial charge in [-0.05, 0) is 11.8 Å². The first-order valence-electron chi connectivity index (χ1n) is 6.06. The first kappa shape index (κ1) is 12.4. The molecule has 5 heteroatoms. The Labute approximate surface area is 101 Å². The maximum absolute atomic E-state index is 12.2. The summed E-state index contributed by atoms with van der Waals surface area (Å²) in [7, 11) is 0. The van der Waals surface area contributed by atoms with E-state index < -0.39 is 5.54 Å². The summed E-state index contributed by atoms with van der Waals surface area (Å²) in [6, 6.07) is -0.273. The van der Waals surface area contributed by atoms with Gasteiger partial charge in [0.1, 0.15) is 5.54 Å². The van der Waals surface area contributed by atoms with Crippen molar-refractivity contribution in [2.75, 3.05) is 19.8 Å². The second-order valence-electron chi connectivity index (χ2n) is 6.08. The van der Waals surface area contributed by atoms with E-state index in [1.165, 1.54) is 4.90 Å². The second-order valence-corrected chi connectivity index (χ2v) is 6.08. The highest BCUT2D eigenvalue weighted by Gasteiger charge is 2.53. The summed E-state index contributed by atoms with van der Waals surface area (Å²) in [5.41, 5.74) is -0.655. The first-order chi connectivity index (χ1) is 7.84. The molecule has 1 spiro atoms. The maximum Gasteiger partial charge on any atom is 0.325 e. The van der Waals surface area contributed by atoms with Gasteiger partial charge in [0.2, 0.25) is 0 Å². The Kier molecular flexibility index (Phi) is 2.89. The van der Waals surface area contributed by atoms with Crippen molar-refractivity contribution < 1.29 is 14.3 Å². The summed E-state index contributed by atoms with van der Waals surface area (Å²) >= 11 is 0. The Morgan fingerprint density at radius 2 is 2.12 bits per heavy atom. The zero-order chi connectivity index (χ0) is 12.7. The van der Waals surface area contributed by atoms with Crippen LogP contribution in [0, 0.1) is 5.41 Å². The van der Waals surface area contributed by atoms with Crippen LogP contribution >= 0.6 is 0 Å². The number of imide groups is 1. The van der Waals surface area contributed by atoms with Crippen LogP contribution < -0.4 is 5.32 Å². The van der Waals surface area contributed by atoms with Gasteiger partial charge < -0.3 is 10.1 Å². The van der Waals surface area contributed by atoms with E-state index in [4.69, 9.17) is 4.74 Å². The number of rotatable bonds is 2. The van der Waals surface area contributed by atoms with Crippen molar-refractivity contribution in [1.29, 1.82) is 0 Å². The highest BCUT2D eigenvalue weighted by atomic mass is 16.5. The lowest BCUT2D eigenvalue weighted by Gasteiger charge is -2.22. The second kappa shape index (κ2) is 3.98. The van der Waals surface area contributed by atoms with E-state index in [1.807, 2.05) is 0 Å². The lowest BCUT2D eigenvalue weighted by atomic mass is 9.92. The zero-order valence-electron chi connectivity index (χ0n) is 10.7. The van der Waals surface area contributed by atoms with Gasteiger partial charge in [-0.3, -0.25) is 9.69 Å². The van der Waals surface area contributed by atoms with E-state index in [1.54, 1.807) is 0 Å². The fourth-order valence-electron chi connectivity index (χ4n) is 2.16. The molecular weight excluding hydrogens is 220 g/mol. The van der Waals surface area contributed by atoms with Crippen molar-refractivity contribution >= 4 is 11.9 Å². The number of urea groups is 1. The minimum atomic E-state index is -0.769. The number of hydrogen-bond acceptors (Lipinski definition) is 3. The van der Waals surface area contributed by atoms with Crippen molar-refractivity contribution in [2.24, 2.45) is 5.41 Å².